The fourth-order valence-electron chi connectivity index (χ4n) is 5.55. The summed E-state index contributed by atoms with van der Waals surface area (Å²) in [4.78, 5) is 53.3. The molecular formula is C38H76N6O4. The van der Waals surface area contributed by atoms with E-state index in [2.05, 4.69) is 44.9 Å². The Balaban J connectivity index is 3.97. The zero-order valence-corrected chi connectivity index (χ0v) is 31.7. The van der Waals surface area contributed by atoms with Crippen molar-refractivity contribution in [1.82, 2.24) is 31.1 Å². The molecular weight excluding hydrogens is 604 g/mol. The van der Waals surface area contributed by atoms with Crippen molar-refractivity contribution in [3.63, 3.8) is 0 Å². The Morgan fingerprint density at radius 3 is 0.979 bits per heavy atom. The van der Waals surface area contributed by atoms with Crippen LogP contribution in [0.1, 0.15) is 155 Å². The Kier molecular flexibility index (Phi) is 33.1. The predicted molar refractivity (Wildman–Crippen MR) is 200 cm³/mol. The molecule has 10 nitrogen and oxygen atoms in total. The van der Waals surface area contributed by atoms with Crippen molar-refractivity contribution >= 4 is 23.6 Å². The van der Waals surface area contributed by atoms with Crippen LogP contribution in [-0.2, 0) is 19.2 Å². The van der Waals surface area contributed by atoms with Gasteiger partial charge in [-0.2, -0.15) is 0 Å². The summed E-state index contributed by atoms with van der Waals surface area (Å²) in [5.41, 5.74) is 0. The molecule has 0 bridgehead atoms. The summed E-state index contributed by atoms with van der Waals surface area (Å²) in [7, 11) is 4.01. The Hall–Kier alpha value is -2.20. The summed E-state index contributed by atoms with van der Waals surface area (Å²) in [5.74, 6) is -0.00475. The van der Waals surface area contributed by atoms with Gasteiger partial charge >= 0.3 is 0 Å². The van der Waals surface area contributed by atoms with Crippen LogP contribution in [0.15, 0.2) is 0 Å². The summed E-state index contributed by atoms with van der Waals surface area (Å²) < 4.78 is 0. The Morgan fingerprint density at radius 2 is 0.667 bits per heavy atom. The Morgan fingerprint density at radius 1 is 0.375 bits per heavy atom. The molecule has 10 heteroatoms. The highest BCUT2D eigenvalue weighted by molar-refractivity contribution is 5.78. The second kappa shape index (κ2) is 34.7. The van der Waals surface area contributed by atoms with Crippen LogP contribution in [0.3, 0.4) is 0 Å². The average molecular weight is 681 g/mol. The molecule has 0 rings (SSSR count). The molecule has 48 heavy (non-hydrogen) atoms. The van der Waals surface area contributed by atoms with E-state index in [4.69, 9.17) is 0 Å². The van der Waals surface area contributed by atoms with E-state index in [1.165, 1.54) is 89.9 Å². The van der Waals surface area contributed by atoms with Crippen molar-refractivity contribution in [3.8, 4) is 0 Å². The molecule has 0 fully saturated rings. The molecule has 0 spiro atoms. The fraction of sp³-hybridized carbons (Fsp3) is 0.895. The van der Waals surface area contributed by atoms with Gasteiger partial charge in [0.2, 0.25) is 23.6 Å². The molecule has 0 saturated heterocycles. The number of hydrogen-bond acceptors (Lipinski definition) is 6. The van der Waals surface area contributed by atoms with Gasteiger partial charge in [0.15, 0.2) is 0 Å². The predicted octanol–water partition coefficient (Wildman–Crippen LogP) is 5.94. The molecule has 0 aliphatic rings. The third-order valence-electron chi connectivity index (χ3n) is 8.73. The second-order valence-corrected chi connectivity index (χ2v) is 13.7. The topological polar surface area (TPSA) is 123 Å². The Bertz CT molecular complexity index is 737. The summed E-state index contributed by atoms with van der Waals surface area (Å²) in [6.45, 7) is 8.89. The second-order valence-electron chi connectivity index (χ2n) is 13.7. The maximum Gasteiger partial charge on any atom is 0.221 e. The van der Waals surface area contributed by atoms with Crippen molar-refractivity contribution in [1.29, 1.82) is 0 Å². The fourth-order valence-corrected chi connectivity index (χ4v) is 5.55. The normalized spacial score (nSPS) is 11.2. The van der Waals surface area contributed by atoms with E-state index in [-0.39, 0.29) is 23.6 Å². The first kappa shape index (κ1) is 45.8. The molecule has 0 aliphatic carbocycles. The first-order chi connectivity index (χ1) is 23.3. The van der Waals surface area contributed by atoms with Crippen molar-refractivity contribution in [2.75, 3.05) is 66.5 Å². The van der Waals surface area contributed by atoms with Crippen LogP contribution < -0.4 is 21.3 Å². The van der Waals surface area contributed by atoms with Gasteiger partial charge in [-0.1, -0.05) is 117 Å². The summed E-state index contributed by atoms with van der Waals surface area (Å²) in [5, 5.41) is 11.6. The van der Waals surface area contributed by atoms with Crippen LogP contribution in [0.4, 0.5) is 0 Å². The van der Waals surface area contributed by atoms with Crippen molar-refractivity contribution in [2.24, 2.45) is 0 Å². The number of carbonyl (C=O) groups excluding carboxylic acids is 4. The quantitative estimate of drug-likeness (QED) is 0.0615. The molecule has 0 radical (unpaired) electrons. The molecule has 0 aromatic heterocycles. The molecule has 4 N–H and O–H groups in total. The maximum absolute atomic E-state index is 12.4. The van der Waals surface area contributed by atoms with E-state index in [9.17, 15) is 19.2 Å². The lowest BCUT2D eigenvalue weighted by atomic mass is 10.1. The molecule has 0 aromatic rings. The lowest BCUT2D eigenvalue weighted by Crippen LogP contribution is -2.40. The lowest BCUT2D eigenvalue weighted by Gasteiger charge is -2.23. The van der Waals surface area contributed by atoms with Crippen LogP contribution in [0.2, 0.25) is 0 Å². The van der Waals surface area contributed by atoms with E-state index in [0.29, 0.717) is 65.0 Å². The number of likely N-dealkylation sites (N-methyl/N-ethyl adjacent to an activating group) is 1. The molecule has 0 saturated carbocycles. The van der Waals surface area contributed by atoms with Gasteiger partial charge in [0.25, 0.3) is 0 Å². The Labute approximate surface area is 295 Å². The lowest BCUT2D eigenvalue weighted by molar-refractivity contribution is -0.123. The largest absolute Gasteiger partial charge is 0.354 e. The number of amides is 4. The number of rotatable bonds is 35. The molecule has 0 unspecified atom stereocenters. The average Bonchev–Trinajstić information content (AvgIpc) is 3.06. The zero-order valence-electron chi connectivity index (χ0n) is 31.7. The minimum absolute atomic E-state index is 0.0526. The summed E-state index contributed by atoms with van der Waals surface area (Å²) in [6.07, 6.45) is 23.9. The molecule has 4 amide bonds. The van der Waals surface area contributed by atoms with Crippen molar-refractivity contribution < 1.29 is 19.2 Å². The van der Waals surface area contributed by atoms with Gasteiger partial charge in [0.1, 0.15) is 0 Å². The number of hydrogen-bond donors (Lipinski definition) is 4. The molecule has 0 aromatic carbocycles. The standard InChI is InChI=1S/C38H76N6O4/c1-5-7-9-11-13-15-17-19-21-23-35(45)39-27-29-41-37(47)25-31-44(34-33-43(3)4)32-26-38(48)42-30-28-40-36(46)24-22-20-18-16-14-12-10-8-6-2/h5-34H2,1-4H3,(H,39,45)(H,40,46)(H,41,47)(H,42,48). The maximum atomic E-state index is 12.4. The van der Waals surface area contributed by atoms with Crippen molar-refractivity contribution in [3.05, 3.63) is 0 Å². The molecule has 0 aliphatic heterocycles. The number of nitrogens with zero attached hydrogens (tertiary/aromatic N) is 2. The van der Waals surface area contributed by atoms with Gasteiger partial charge < -0.3 is 31.1 Å². The minimum atomic E-state index is -0.0550. The molecule has 282 valence electrons. The highest BCUT2D eigenvalue weighted by atomic mass is 16.2. The monoisotopic (exact) mass is 681 g/mol. The minimum Gasteiger partial charge on any atom is -0.354 e. The third kappa shape index (κ3) is 33.7. The van der Waals surface area contributed by atoms with Crippen LogP contribution in [-0.4, -0.2) is 99.9 Å². The van der Waals surface area contributed by atoms with Crippen molar-refractivity contribution in [2.45, 2.75) is 155 Å². The van der Waals surface area contributed by atoms with Gasteiger partial charge in [-0.25, -0.2) is 0 Å². The van der Waals surface area contributed by atoms with Crippen LogP contribution >= 0.6 is 0 Å². The van der Waals surface area contributed by atoms with Gasteiger partial charge in [-0.05, 0) is 26.9 Å². The van der Waals surface area contributed by atoms with Gasteiger partial charge in [0.05, 0.1) is 0 Å². The van der Waals surface area contributed by atoms with Crippen LogP contribution in [0.5, 0.6) is 0 Å². The first-order valence-corrected chi connectivity index (χ1v) is 19.7. The van der Waals surface area contributed by atoms with Gasteiger partial charge in [-0.15, -0.1) is 0 Å². The zero-order chi connectivity index (χ0) is 35.5. The smallest absolute Gasteiger partial charge is 0.221 e. The molecule has 0 atom stereocenters. The summed E-state index contributed by atoms with van der Waals surface area (Å²) >= 11 is 0. The number of carbonyl (C=O) groups is 4. The number of unbranched alkanes of at least 4 members (excludes halogenated alkanes) is 16. The van der Waals surface area contributed by atoms with Crippen LogP contribution in [0, 0.1) is 0 Å². The SMILES string of the molecule is CCCCCCCCCCCC(=O)NCCNC(=O)CCN(CCC(=O)NCCNC(=O)CCCCCCCCCCC)CCN(C)C. The first-order valence-electron chi connectivity index (χ1n) is 19.7. The molecule has 0 heterocycles. The third-order valence-corrected chi connectivity index (χ3v) is 8.73. The van der Waals surface area contributed by atoms with Crippen LogP contribution in [0.25, 0.3) is 0 Å². The van der Waals surface area contributed by atoms with Gasteiger partial charge in [-0.3, -0.25) is 19.2 Å². The van der Waals surface area contributed by atoms with E-state index in [1.54, 1.807) is 0 Å². The summed E-state index contributed by atoms with van der Waals surface area (Å²) in [6, 6.07) is 0. The van der Waals surface area contributed by atoms with Gasteiger partial charge in [0, 0.05) is 78.0 Å². The highest BCUT2D eigenvalue weighted by Gasteiger charge is 2.12. The highest BCUT2D eigenvalue weighted by Crippen LogP contribution is 2.11. The van der Waals surface area contributed by atoms with E-state index < -0.39 is 0 Å². The van der Waals surface area contributed by atoms with E-state index in [0.717, 1.165) is 38.8 Å². The van der Waals surface area contributed by atoms with E-state index in [1.807, 2.05) is 14.1 Å². The van der Waals surface area contributed by atoms with E-state index >= 15 is 0 Å². The number of nitrogens with one attached hydrogen (secondary N) is 4.